The van der Waals surface area contributed by atoms with Crippen LogP contribution in [-0.4, -0.2) is 43.2 Å². The summed E-state index contributed by atoms with van der Waals surface area (Å²) < 4.78 is 41.0. The van der Waals surface area contributed by atoms with E-state index in [4.69, 9.17) is 9.47 Å². The summed E-state index contributed by atoms with van der Waals surface area (Å²) in [6.07, 6.45) is 2.52. The lowest BCUT2D eigenvalue weighted by molar-refractivity contribution is -0.127. The van der Waals surface area contributed by atoms with Gasteiger partial charge in [-0.1, -0.05) is 30.3 Å². The first-order chi connectivity index (χ1) is 13.6. The number of nitrogens with zero attached hydrogens (tertiary/aromatic N) is 1. The van der Waals surface area contributed by atoms with E-state index in [1.165, 1.54) is 18.2 Å². The molecular formula is C21H21F2NO4. The molecule has 0 N–H and O–H groups in total. The lowest BCUT2D eigenvalue weighted by atomic mass is 10.2. The maximum absolute atomic E-state index is 12.6. The van der Waals surface area contributed by atoms with Gasteiger partial charge in [-0.25, -0.2) is 0 Å². The van der Waals surface area contributed by atoms with Crippen molar-refractivity contribution in [2.45, 2.75) is 19.6 Å². The molecule has 0 radical (unpaired) electrons. The third-order valence-corrected chi connectivity index (χ3v) is 4.23. The molecule has 3 rings (SSSR count). The Labute approximate surface area is 162 Å². The monoisotopic (exact) mass is 389 g/mol. The molecule has 0 saturated heterocycles. The molecule has 28 heavy (non-hydrogen) atoms. The van der Waals surface area contributed by atoms with Crippen LogP contribution in [0.3, 0.4) is 0 Å². The van der Waals surface area contributed by atoms with Crippen LogP contribution in [0.2, 0.25) is 0 Å². The normalized spacial score (nSPS) is 15.6. The maximum Gasteiger partial charge on any atom is 0.387 e. The van der Waals surface area contributed by atoms with E-state index in [0.717, 1.165) is 0 Å². The molecule has 148 valence electrons. The molecule has 1 unspecified atom stereocenters. The number of ether oxygens (including phenoxy) is 3. The van der Waals surface area contributed by atoms with E-state index in [-0.39, 0.29) is 17.8 Å². The van der Waals surface area contributed by atoms with Crippen LogP contribution in [0.15, 0.2) is 54.6 Å². The summed E-state index contributed by atoms with van der Waals surface area (Å²) in [6, 6.07) is 13.7. The van der Waals surface area contributed by atoms with Crippen molar-refractivity contribution in [1.29, 1.82) is 0 Å². The highest BCUT2D eigenvalue weighted by molar-refractivity contribution is 5.92. The highest BCUT2D eigenvalue weighted by atomic mass is 19.3. The molecule has 0 aromatic heterocycles. The number of para-hydroxylation sites is 3. The number of amides is 1. The van der Waals surface area contributed by atoms with Crippen molar-refractivity contribution in [3.05, 3.63) is 60.2 Å². The van der Waals surface area contributed by atoms with Crippen molar-refractivity contribution in [2.75, 3.05) is 19.7 Å². The highest BCUT2D eigenvalue weighted by Gasteiger charge is 2.24. The van der Waals surface area contributed by atoms with Gasteiger partial charge in [0, 0.05) is 18.2 Å². The van der Waals surface area contributed by atoms with E-state index in [2.05, 4.69) is 4.74 Å². The summed E-state index contributed by atoms with van der Waals surface area (Å²) in [4.78, 5) is 14.2. The number of benzene rings is 2. The molecule has 0 spiro atoms. The van der Waals surface area contributed by atoms with E-state index >= 15 is 0 Å². The Hall–Kier alpha value is -3.09. The van der Waals surface area contributed by atoms with Crippen molar-refractivity contribution >= 4 is 12.0 Å². The molecule has 1 aliphatic rings. The fourth-order valence-corrected chi connectivity index (χ4v) is 2.86. The van der Waals surface area contributed by atoms with Crippen LogP contribution in [0.1, 0.15) is 12.5 Å². The molecular weight excluding hydrogens is 368 g/mol. The van der Waals surface area contributed by atoms with Gasteiger partial charge in [0.1, 0.15) is 12.4 Å². The average Bonchev–Trinajstić information content (AvgIpc) is 2.70. The Morgan fingerprint density at radius 1 is 1.21 bits per heavy atom. The van der Waals surface area contributed by atoms with Gasteiger partial charge in [0.2, 0.25) is 5.91 Å². The van der Waals surface area contributed by atoms with Gasteiger partial charge < -0.3 is 19.1 Å². The van der Waals surface area contributed by atoms with Crippen LogP contribution < -0.4 is 14.2 Å². The second-order valence-corrected chi connectivity index (χ2v) is 6.12. The number of fused-ring (bicyclic) bond motifs is 1. The third-order valence-electron chi connectivity index (χ3n) is 4.23. The van der Waals surface area contributed by atoms with Crippen molar-refractivity contribution in [1.82, 2.24) is 4.90 Å². The Morgan fingerprint density at radius 2 is 1.93 bits per heavy atom. The second-order valence-electron chi connectivity index (χ2n) is 6.12. The Kier molecular flexibility index (Phi) is 6.47. The van der Waals surface area contributed by atoms with Crippen LogP contribution >= 0.6 is 0 Å². The standard InChI is InChI=1S/C21H21F2NO4/c1-2-24(13-16-14-26-18-9-5-6-10-19(18)27-16)20(25)12-11-15-7-3-4-8-17(15)28-21(22)23/h3-12,16,21H,2,13-14H2,1H3/b12-11+. The van der Waals surface area contributed by atoms with Gasteiger partial charge in [0.25, 0.3) is 0 Å². The fourth-order valence-electron chi connectivity index (χ4n) is 2.86. The first-order valence-corrected chi connectivity index (χ1v) is 8.96. The lowest BCUT2D eigenvalue weighted by Gasteiger charge is -2.30. The summed E-state index contributed by atoms with van der Waals surface area (Å²) in [5.74, 6) is 1.10. The molecule has 0 fully saturated rings. The number of carbonyl (C=O) groups excluding carboxylic acids is 1. The Balaban J connectivity index is 1.64. The summed E-state index contributed by atoms with van der Waals surface area (Å²) in [6.45, 7) is 0.0965. The molecule has 0 aliphatic carbocycles. The van der Waals surface area contributed by atoms with Gasteiger partial charge in [-0.15, -0.1) is 0 Å². The van der Waals surface area contributed by atoms with Gasteiger partial charge in [-0.05, 0) is 31.2 Å². The largest absolute Gasteiger partial charge is 0.486 e. The molecule has 7 heteroatoms. The van der Waals surface area contributed by atoms with Gasteiger partial charge >= 0.3 is 6.61 Å². The van der Waals surface area contributed by atoms with Crippen LogP contribution in [0.25, 0.3) is 6.08 Å². The summed E-state index contributed by atoms with van der Waals surface area (Å²) in [7, 11) is 0. The molecule has 1 heterocycles. The van der Waals surface area contributed by atoms with E-state index < -0.39 is 6.61 Å². The number of carbonyl (C=O) groups is 1. The Morgan fingerprint density at radius 3 is 2.68 bits per heavy atom. The number of hydrogen-bond acceptors (Lipinski definition) is 4. The minimum atomic E-state index is -2.93. The predicted molar refractivity (Wildman–Crippen MR) is 101 cm³/mol. The minimum absolute atomic E-state index is 0.0187. The summed E-state index contributed by atoms with van der Waals surface area (Å²) >= 11 is 0. The zero-order valence-electron chi connectivity index (χ0n) is 15.4. The molecule has 0 bridgehead atoms. The first kappa shape index (κ1) is 19.7. The summed E-state index contributed by atoms with van der Waals surface area (Å²) in [5.41, 5.74) is 0.401. The van der Waals surface area contributed by atoms with Crippen molar-refractivity contribution in [2.24, 2.45) is 0 Å². The van der Waals surface area contributed by atoms with Crippen molar-refractivity contribution in [3.63, 3.8) is 0 Å². The number of likely N-dealkylation sites (N-methyl/N-ethyl adjacent to an activating group) is 1. The second kappa shape index (κ2) is 9.21. The van der Waals surface area contributed by atoms with E-state index in [1.807, 2.05) is 31.2 Å². The van der Waals surface area contributed by atoms with Gasteiger partial charge in [-0.2, -0.15) is 8.78 Å². The van der Waals surface area contributed by atoms with Gasteiger partial charge in [-0.3, -0.25) is 4.79 Å². The summed E-state index contributed by atoms with van der Waals surface area (Å²) in [5, 5.41) is 0. The zero-order valence-corrected chi connectivity index (χ0v) is 15.4. The lowest BCUT2D eigenvalue weighted by Crippen LogP contribution is -2.43. The molecule has 0 saturated carbocycles. The van der Waals surface area contributed by atoms with Crippen LogP contribution in [0.4, 0.5) is 8.78 Å². The smallest absolute Gasteiger partial charge is 0.387 e. The van der Waals surface area contributed by atoms with Gasteiger partial charge in [0.15, 0.2) is 17.6 Å². The van der Waals surface area contributed by atoms with Gasteiger partial charge in [0.05, 0.1) is 6.54 Å². The maximum atomic E-state index is 12.6. The number of hydrogen-bond donors (Lipinski definition) is 0. The van der Waals surface area contributed by atoms with Crippen molar-refractivity contribution in [3.8, 4) is 17.2 Å². The molecule has 2 aromatic rings. The molecule has 2 aromatic carbocycles. The SMILES string of the molecule is CCN(CC1COc2ccccc2O1)C(=O)/C=C/c1ccccc1OC(F)F. The van der Waals surface area contributed by atoms with Crippen LogP contribution in [0, 0.1) is 0 Å². The highest BCUT2D eigenvalue weighted by Crippen LogP contribution is 2.31. The first-order valence-electron chi connectivity index (χ1n) is 8.96. The molecule has 1 atom stereocenters. The molecule has 1 aliphatic heterocycles. The molecule has 1 amide bonds. The number of halogens is 2. The Bertz CT molecular complexity index is 841. The minimum Gasteiger partial charge on any atom is -0.486 e. The zero-order chi connectivity index (χ0) is 19.9. The van der Waals surface area contributed by atoms with E-state index in [0.29, 0.717) is 36.8 Å². The van der Waals surface area contributed by atoms with E-state index in [9.17, 15) is 13.6 Å². The third kappa shape index (κ3) is 5.00. The molecule has 5 nitrogen and oxygen atoms in total. The quantitative estimate of drug-likeness (QED) is 0.672. The van der Waals surface area contributed by atoms with Crippen LogP contribution in [-0.2, 0) is 4.79 Å². The fraction of sp³-hybridized carbons (Fsp3) is 0.286. The number of alkyl halides is 2. The van der Waals surface area contributed by atoms with E-state index in [1.54, 1.807) is 23.1 Å². The predicted octanol–water partition coefficient (Wildman–Crippen LogP) is 3.99. The average molecular weight is 389 g/mol. The number of rotatable bonds is 7. The topological polar surface area (TPSA) is 48.0 Å². The van der Waals surface area contributed by atoms with Crippen molar-refractivity contribution < 1.29 is 27.8 Å². The van der Waals surface area contributed by atoms with Crippen LogP contribution in [0.5, 0.6) is 17.2 Å².